The first-order chi connectivity index (χ1) is 16.9. The van der Waals surface area contributed by atoms with Crippen molar-refractivity contribution in [3.05, 3.63) is 82.8 Å². The topological polar surface area (TPSA) is 59.8 Å². The third-order valence-corrected chi connectivity index (χ3v) is 6.77. The Morgan fingerprint density at radius 2 is 1.89 bits per heavy atom. The van der Waals surface area contributed by atoms with Crippen LogP contribution in [0.4, 0.5) is 0 Å². The van der Waals surface area contributed by atoms with E-state index in [2.05, 4.69) is 75.4 Å². The molecule has 0 fully saturated rings. The van der Waals surface area contributed by atoms with Gasteiger partial charge in [-0.2, -0.15) is 5.10 Å². The van der Waals surface area contributed by atoms with Crippen molar-refractivity contribution in [3.8, 4) is 5.69 Å². The predicted molar refractivity (Wildman–Crippen MR) is 148 cm³/mol. The number of hydrogen-bond donors (Lipinski definition) is 1. The number of aromatic nitrogens is 3. The fraction of sp³-hybridized carbons (Fsp3) is 0.345. The Labute approximate surface area is 213 Å². The Bertz CT molecular complexity index is 1210. The number of nitrogens with one attached hydrogen (secondary N) is 1. The van der Waals surface area contributed by atoms with Gasteiger partial charge in [0, 0.05) is 11.1 Å². The Morgan fingerprint density at radius 1 is 1.14 bits per heavy atom. The van der Waals surface area contributed by atoms with E-state index in [-0.39, 0.29) is 11.9 Å². The maximum absolute atomic E-state index is 13.6. The maximum atomic E-state index is 13.6. The number of rotatable bonds is 10. The SMILES string of the molecule is C/C=C(/C(=O)NC(CC)c1cccc(SCC)n1)c1cnn(-c2ccc(C)cc2)c1/C=C(\C)CC. The number of allylic oxidation sites excluding steroid dienone is 2. The zero-order valence-electron chi connectivity index (χ0n) is 21.6. The van der Waals surface area contributed by atoms with E-state index in [1.54, 1.807) is 18.0 Å². The van der Waals surface area contributed by atoms with Gasteiger partial charge < -0.3 is 5.32 Å². The Hall–Kier alpha value is -3.12. The molecule has 1 aromatic carbocycles. The predicted octanol–water partition coefficient (Wildman–Crippen LogP) is 7.17. The summed E-state index contributed by atoms with van der Waals surface area (Å²) in [5, 5.41) is 8.87. The molecule has 1 unspecified atom stereocenters. The summed E-state index contributed by atoms with van der Waals surface area (Å²) in [5.74, 6) is 0.836. The lowest BCUT2D eigenvalue weighted by atomic mass is 10.0. The molecule has 3 aromatic rings. The van der Waals surface area contributed by atoms with Gasteiger partial charge in [0.05, 0.1) is 34.3 Å². The zero-order chi connectivity index (χ0) is 25.4. The Kier molecular flexibility index (Phi) is 9.49. The van der Waals surface area contributed by atoms with Gasteiger partial charge in [-0.25, -0.2) is 9.67 Å². The lowest BCUT2D eigenvalue weighted by molar-refractivity contribution is -0.116. The van der Waals surface area contributed by atoms with Crippen LogP contribution in [0.3, 0.4) is 0 Å². The van der Waals surface area contributed by atoms with Crippen molar-refractivity contribution >= 4 is 29.3 Å². The van der Waals surface area contributed by atoms with Crippen molar-refractivity contribution < 1.29 is 4.79 Å². The number of pyridine rings is 1. The molecule has 5 nitrogen and oxygen atoms in total. The van der Waals surface area contributed by atoms with E-state index in [0.717, 1.165) is 46.3 Å². The van der Waals surface area contributed by atoms with Gasteiger partial charge in [0.15, 0.2) is 0 Å². The monoisotopic (exact) mass is 488 g/mol. The van der Waals surface area contributed by atoms with Crippen molar-refractivity contribution in [2.24, 2.45) is 0 Å². The molecule has 6 heteroatoms. The molecular formula is C29H36N4OS. The summed E-state index contributed by atoms with van der Waals surface area (Å²) in [6.45, 7) is 12.4. The van der Waals surface area contributed by atoms with Crippen molar-refractivity contribution in [1.29, 1.82) is 0 Å². The van der Waals surface area contributed by atoms with Crippen LogP contribution in [0.25, 0.3) is 17.3 Å². The van der Waals surface area contributed by atoms with E-state index in [1.807, 2.05) is 35.9 Å². The number of benzene rings is 1. The van der Waals surface area contributed by atoms with Gasteiger partial charge in [-0.1, -0.05) is 56.2 Å². The molecule has 35 heavy (non-hydrogen) atoms. The second kappa shape index (κ2) is 12.5. The van der Waals surface area contributed by atoms with Crippen LogP contribution in [-0.2, 0) is 4.79 Å². The molecule has 0 aliphatic heterocycles. The summed E-state index contributed by atoms with van der Waals surface area (Å²) in [4.78, 5) is 18.3. The molecule has 0 radical (unpaired) electrons. The highest BCUT2D eigenvalue weighted by Gasteiger charge is 2.22. The summed E-state index contributed by atoms with van der Waals surface area (Å²) < 4.78 is 1.91. The van der Waals surface area contributed by atoms with Crippen LogP contribution < -0.4 is 5.32 Å². The van der Waals surface area contributed by atoms with Crippen LogP contribution in [0, 0.1) is 6.92 Å². The fourth-order valence-electron chi connectivity index (χ4n) is 3.81. The van der Waals surface area contributed by atoms with E-state index < -0.39 is 0 Å². The van der Waals surface area contributed by atoms with Gasteiger partial charge in [0.25, 0.3) is 5.91 Å². The first-order valence-corrected chi connectivity index (χ1v) is 13.3. The highest BCUT2D eigenvalue weighted by Crippen LogP contribution is 2.27. The minimum Gasteiger partial charge on any atom is -0.344 e. The van der Waals surface area contributed by atoms with Gasteiger partial charge in [0.2, 0.25) is 0 Å². The average molecular weight is 489 g/mol. The highest BCUT2D eigenvalue weighted by atomic mass is 32.2. The van der Waals surface area contributed by atoms with Crippen LogP contribution in [0.2, 0.25) is 0 Å². The quantitative estimate of drug-likeness (QED) is 0.243. The summed E-state index contributed by atoms with van der Waals surface area (Å²) >= 11 is 1.70. The molecule has 1 amide bonds. The molecule has 2 heterocycles. The molecule has 0 saturated carbocycles. The van der Waals surface area contributed by atoms with Gasteiger partial charge in [-0.15, -0.1) is 11.8 Å². The van der Waals surface area contributed by atoms with E-state index in [0.29, 0.717) is 5.57 Å². The van der Waals surface area contributed by atoms with Crippen molar-refractivity contribution in [2.45, 2.75) is 65.5 Å². The average Bonchev–Trinajstić information content (AvgIpc) is 3.26. The number of carbonyl (C=O) groups excluding carboxylic acids is 1. The molecule has 0 saturated heterocycles. The maximum Gasteiger partial charge on any atom is 0.252 e. The van der Waals surface area contributed by atoms with Crippen molar-refractivity contribution in [1.82, 2.24) is 20.1 Å². The first kappa shape index (κ1) is 26.5. The molecule has 0 aliphatic rings. The molecule has 2 aromatic heterocycles. The molecule has 0 spiro atoms. The second-order valence-corrected chi connectivity index (χ2v) is 9.79. The van der Waals surface area contributed by atoms with Gasteiger partial charge in [-0.05, 0) is 69.7 Å². The summed E-state index contributed by atoms with van der Waals surface area (Å²) in [7, 11) is 0. The first-order valence-electron chi connectivity index (χ1n) is 12.3. The number of nitrogens with zero attached hydrogens (tertiary/aromatic N) is 3. The van der Waals surface area contributed by atoms with E-state index >= 15 is 0 Å². The molecule has 0 aliphatic carbocycles. The summed E-state index contributed by atoms with van der Waals surface area (Å²) in [5.41, 5.74) is 6.59. The number of thioether (sulfide) groups is 1. The van der Waals surface area contributed by atoms with E-state index in [9.17, 15) is 4.79 Å². The van der Waals surface area contributed by atoms with Crippen molar-refractivity contribution in [2.75, 3.05) is 5.75 Å². The molecule has 184 valence electrons. The minimum atomic E-state index is -0.168. The van der Waals surface area contributed by atoms with Crippen LogP contribution in [0.1, 0.15) is 76.0 Å². The van der Waals surface area contributed by atoms with Crippen molar-refractivity contribution in [3.63, 3.8) is 0 Å². The van der Waals surface area contributed by atoms with Crippen LogP contribution >= 0.6 is 11.8 Å². The Balaban J connectivity index is 1.97. The summed E-state index contributed by atoms with van der Waals surface area (Å²) in [6.07, 6.45) is 7.46. The number of aryl methyl sites for hydroxylation is 1. The largest absolute Gasteiger partial charge is 0.344 e. The minimum absolute atomic E-state index is 0.123. The van der Waals surface area contributed by atoms with Gasteiger partial charge in [-0.3, -0.25) is 4.79 Å². The third kappa shape index (κ3) is 6.51. The van der Waals surface area contributed by atoms with E-state index in [4.69, 9.17) is 4.98 Å². The molecule has 3 rings (SSSR count). The Morgan fingerprint density at radius 3 is 2.51 bits per heavy atom. The molecule has 1 atom stereocenters. The lowest BCUT2D eigenvalue weighted by Crippen LogP contribution is -2.29. The van der Waals surface area contributed by atoms with Gasteiger partial charge >= 0.3 is 0 Å². The second-order valence-electron chi connectivity index (χ2n) is 8.51. The molecular weight excluding hydrogens is 452 g/mol. The fourth-order valence-corrected chi connectivity index (χ4v) is 4.46. The van der Waals surface area contributed by atoms with Crippen LogP contribution in [-0.4, -0.2) is 26.4 Å². The standard InChI is InChI=1S/C29H36N4OS/c1-7-20(5)18-27-24(19-30-33(27)22-16-14-21(6)15-17-22)23(8-2)29(34)32-25(9-3)26-12-11-13-28(31-26)35-10-4/h8,11-19,25H,7,9-10H2,1-6H3,(H,32,34)/b20-18+,23-8+. The highest BCUT2D eigenvalue weighted by molar-refractivity contribution is 7.99. The molecule has 0 bridgehead atoms. The van der Waals surface area contributed by atoms with Crippen LogP contribution in [0.5, 0.6) is 0 Å². The number of hydrogen-bond acceptors (Lipinski definition) is 4. The molecule has 1 N–H and O–H groups in total. The summed E-state index contributed by atoms with van der Waals surface area (Å²) in [6, 6.07) is 14.1. The smallest absolute Gasteiger partial charge is 0.252 e. The zero-order valence-corrected chi connectivity index (χ0v) is 22.4. The lowest BCUT2D eigenvalue weighted by Gasteiger charge is -2.18. The third-order valence-electron chi connectivity index (χ3n) is 5.96. The number of carbonyl (C=O) groups is 1. The van der Waals surface area contributed by atoms with Gasteiger partial charge in [0.1, 0.15) is 0 Å². The number of amides is 1. The van der Waals surface area contributed by atoms with Crippen LogP contribution in [0.15, 0.2) is 65.3 Å². The normalized spacial score (nSPS) is 13.1. The van der Waals surface area contributed by atoms with E-state index in [1.165, 1.54) is 11.1 Å².